The van der Waals surface area contributed by atoms with Gasteiger partial charge in [0.2, 0.25) is 9.70 Å². The summed E-state index contributed by atoms with van der Waals surface area (Å²) in [5.41, 5.74) is 1.80. The number of carbonyl (C=O) groups excluding carboxylic acids is 1. The number of nitrogens with one attached hydrogen (secondary N) is 3. The summed E-state index contributed by atoms with van der Waals surface area (Å²) in [5.74, 6) is -0.217. The maximum Gasteiger partial charge on any atom is 0.228 e. The molecule has 1 unspecified atom stereocenters. The van der Waals surface area contributed by atoms with Gasteiger partial charge in [-0.15, -0.1) is 0 Å². The molecule has 140 valence electrons. The number of thiocarbonyl (C=S) groups is 1. The average Bonchev–Trinajstić information content (AvgIpc) is 2.47. The van der Waals surface area contributed by atoms with Crippen LogP contribution in [0.2, 0.25) is 0 Å². The van der Waals surface area contributed by atoms with Crippen molar-refractivity contribution < 1.29 is 4.79 Å². The SMILES string of the molecule is CCCCC(=O)NC(NC(=S)Nc1c(Br)cc(C)cc1Br)C(Cl)(Cl)Cl. The monoisotopic (exact) mass is 551 g/mol. The van der Waals surface area contributed by atoms with Crippen molar-refractivity contribution in [2.24, 2.45) is 0 Å². The molecule has 1 atom stereocenters. The third-order valence-corrected chi connectivity index (χ3v) is 5.22. The summed E-state index contributed by atoms with van der Waals surface area (Å²) in [6.07, 6.45) is 1.04. The van der Waals surface area contributed by atoms with Gasteiger partial charge in [-0.25, -0.2) is 0 Å². The number of rotatable bonds is 6. The van der Waals surface area contributed by atoms with E-state index in [-0.39, 0.29) is 11.0 Å². The smallest absolute Gasteiger partial charge is 0.228 e. The van der Waals surface area contributed by atoms with Gasteiger partial charge in [-0.2, -0.15) is 0 Å². The van der Waals surface area contributed by atoms with Crippen molar-refractivity contribution >= 4 is 95.6 Å². The Kier molecular flexibility index (Phi) is 9.78. The van der Waals surface area contributed by atoms with E-state index in [0.29, 0.717) is 6.42 Å². The molecular weight excluding hydrogens is 536 g/mol. The van der Waals surface area contributed by atoms with Gasteiger partial charge >= 0.3 is 0 Å². The number of carbonyl (C=O) groups is 1. The molecule has 0 saturated heterocycles. The minimum absolute atomic E-state index is 0.206. The quantitative estimate of drug-likeness (QED) is 0.236. The molecule has 1 aromatic carbocycles. The Hall–Kier alpha value is 0.210. The van der Waals surface area contributed by atoms with Crippen molar-refractivity contribution in [3.63, 3.8) is 0 Å². The van der Waals surface area contributed by atoms with E-state index >= 15 is 0 Å². The molecule has 0 saturated carbocycles. The van der Waals surface area contributed by atoms with Gasteiger partial charge in [0.15, 0.2) is 5.11 Å². The van der Waals surface area contributed by atoms with E-state index in [1.165, 1.54) is 0 Å². The van der Waals surface area contributed by atoms with Gasteiger partial charge in [0.05, 0.1) is 5.69 Å². The number of alkyl halides is 3. The molecule has 0 aliphatic rings. The molecule has 25 heavy (non-hydrogen) atoms. The van der Waals surface area contributed by atoms with Crippen LogP contribution >= 0.6 is 78.9 Å². The van der Waals surface area contributed by atoms with E-state index in [2.05, 4.69) is 47.8 Å². The van der Waals surface area contributed by atoms with Crippen molar-refractivity contribution in [3.8, 4) is 0 Å². The van der Waals surface area contributed by atoms with Gasteiger partial charge in [-0.1, -0.05) is 48.1 Å². The van der Waals surface area contributed by atoms with Crippen molar-refractivity contribution in [1.29, 1.82) is 0 Å². The summed E-state index contributed by atoms with van der Waals surface area (Å²) in [7, 11) is 0. The molecule has 0 spiro atoms. The number of hydrogen-bond donors (Lipinski definition) is 3. The lowest BCUT2D eigenvalue weighted by molar-refractivity contribution is -0.122. The van der Waals surface area contributed by atoms with Gasteiger partial charge < -0.3 is 16.0 Å². The number of aryl methyl sites for hydroxylation is 1. The first-order valence-corrected chi connectivity index (χ1v) is 10.6. The summed E-state index contributed by atoms with van der Waals surface area (Å²) >= 11 is 30.1. The zero-order chi connectivity index (χ0) is 19.2. The van der Waals surface area contributed by atoms with Crippen LogP contribution in [0.3, 0.4) is 0 Å². The molecule has 0 aromatic heterocycles. The molecule has 0 fully saturated rings. The second kappa shape index (κ2) is 10.5. The fraction of sp³-hybridized carbons (Fsp3) is 0.467. The zero-order valence-corrected chi connectivity index (χ0v) is 19.8. The molecule has 0 heterocycles. The van der Waals surface area contributed by atoms with Crippen LogP contribution in [-0.2, 0) is 4.79 Å². The molecule has 1 amide bonds. The molecule has 3 N–H and O–H groups in total. The summed E-state index contributed by atoms with van der Waals surface area (Å²) < 4.78 is -0.128. The summed E-state index contributed by atoms with van der Waals surface area (Å²) in [5, 5.41) is 8.71. The maximum absolute atomic E-state index is 11.9. The van der Waals surface area contributed by atoms with Crippen molar-refractivity contribution in [2.45, 2.75) is 43.1 Å². The Bertz CT molecular complexity index is 618. The molecule has 1 rings (SSSR count). The van der Waals surface area contributed by atoms with Crippen LogP contribution in [0, 0.1) is 6.92 Å². The third kappa shape index (κ3) is 8.18. The second-order valence-electron chi connectivity index (χ2n) is 5.35. The molecule has 0 radical (unpaired) electrons. The van der Waals surface area contributed by atoms with Gasteiger partial charge in [0, 0.05) is 15.4 Å². The Balaban J connectivity index is 2.81. The minimum atomic E-state index is -1.77. The second-order valence-corrected chi connectivity index (χ2v) is 9.83. The van der Waals surface area contributed by atoms with Crippen LogP contribution in [0.15, 0.2) is 21.1 Å². The molecule has 10 heteroatoms. The normalized spacial score (nSPS) is 12.4. The van der Waals surface area contributed by atoms with E-state index in [9.17, 15) is 4.79 Å². The molecular formula is C15H18Br2Cl3N3OS. The summed E-state index contributed by atoms with van der Waals surface area (Å²) in [6, 6.07) is 3.88. The number of benzene rings is 1. The minimum Gasteiger partial charge on any atom is -0.339 e. The number of unbranched alkanes of at least 4 members (excludes halogenated alkanes) is 1. The molecule has 1 aromatic rings. The highest BCUT2D eigenvalue weighted by Gasteiger charge is 2.34. The highest BCUT2D eigenvalue weighted by Crippen LogP contribution is 2.33. The lowest BCUT2D eigenvalue weighted by Crippen LogP contribution is -2.56. The maximum atomic E-state index is 11.9. The lowest BCUT2D eigenvalue weighted by atomic mass is 10.2. The fourth-order valence-electron chi connectivity index (χ4n) is 1.87. The first kappa shape index (κ1) is 23.2. The molecule has 0 aliphatic carbocycles. The number of hydrogen-bond acceptors (Lipinski definition) is 2. The van der Waals surface area contributed by atoms with E-state index in [4.69, 9.17) is 47.0 Å². The molecule has 0 aliphatic heterocycles. The van der Waals surface area contributed by atoms with Crippen molar-refractivity contribution in [2.75, 3.05) is 5.32 Å². The van der Waals surface area contributed by atoms with Gasteiger partial charge in [-0.3, -0.25) is 4.79 Å². The van der Waals surface area contributed by atoms with Gasteiger partial charge in [0.25, 0.3) is 0 Å². The van der Waals surface area contributed by atoms with E-state index in [0.717, 1.165) is 33.0 Å². The summed E-state index contributed by atoms with van der Waals surface area (Å²) in [6.45, 7) is 3.97. The van der Waals surface area contributed by atoms with Crippen molar-refractivity contribution in [1.82, 2.24) is 10.6 Å². The standard InChI is InChI=1S/C15H18Br2Cl3N3OS/c1-3-4-5-11(24)21-13(15(18,19)20)23-14(25)22-12-9(16)6-8(2)7-10(12)17/h6-7,13H,3-5H2,1-2H3,(H,21,24)(H2,22,23,25). The fourth-order valence-corrected chi connectivity index (χ4v) is 4.03. The van der Waals surface area contributed by atoms with Crippen LogP contribution < -0.4 is 16.0 Å². The Labute approximate surface area is 185 Å². The van der Waals surface area contributed by atoms with Crippen LogP contribution in [0.25, 0.3) is 0 Å². The van der Waals surface area contributed by atoms with Gasteiger partial charge in [-0.05, 0) is 75.1 Å². The van der Waals surface area contributed by atoms with Crippen molar-refractivity contribution in [3.05, 3.63) is 26.6 Å². The largest absolute Gasteiger partial charge is 0.339 e. The predicted octanol–water partition coefficient (Wildman–Crippen LogP) is 5.81. The highest BCUT2D eigenvalue weighted by molar-refractivity contribution is 9.11. The Morgan fingerprint density at radius 2 is 1.80 bits per heavy atom. The number of anilines is 1. The van der Waals surface area contributed by atoms with Gasteiger partial charge in [0.1, 0.15) is 6.17 Å². The zero-order valence-electron chi connectivity index (χ0n) is 13.6. The topological polar surface area (TPSA) is 53.2 Å². The van der Waals surface area contributed by atoms with E-state index in [1.807, 2.05) is 26.0 Å². The lowest BCUT2D eigenvalue weighted by Gasteiger charge is -2.28. The van der Waals surface area contributed by atoms with Crippen LogP contribution in [0.4, 0.5) is 5.69 Å². The molecule has 4 nitrogen and oxygen atoms in total. The predicted molar refractivity (Wildman–Crippen MR) is 118 cm³/mol. The summed E-state index contributed by atoms with van der Waals surface area (Å²) in [4.78, 5) is 11.9. The van der Waals surface area contributed by atoms with E-state index < -0.39 is 9.96 Å². The molecule has 0 bridgehead atoms. The Morgan fingerprint density at radius 3 is 2.28 bits per heavy atom. The van der Waals surface area contributed by atoms with Crippen LogP contribution in [0.5, 0.6) is 0 Å². The first-order valence-electron chi connectivity index (χ1n) is 7.43. The van der Waals surface area contributed by atoms with Crippen LogP contribution in [0.1, 0.15) is 31.7 Å². The highest BCUT2D eigenvalue weighted by atomic mass is 79.9. The third-order valence-electron chi connectivity index (χ3n) is 3.09. The average molecular weight is 555 g/mol. The van der Waals surface area contributed by atoms with E-state index in [1.54, 1.807) is 0 Å². The number of halogens is 5. The Morgan fingerprint density at radius 1 is 1.24 bits per heavy atom. The van der Waals surface area contributed by atoms with Crippen LogP contribution in [-0.4, -0.2) is 21.0 Å². The first-order chi connectivity index (χ1) is 11.5. The number of amides is 1.